The van der Waals surface area contributed by atoms with Gasteiger partial charge in [-0.2, -0.15) is 0 Å². The van der Waals surface area contributed by atoms with E-state index in [1.807, 2.05) is 42.7 Å². The highest BCUT2D eigenvalue weighted by atomic mass is 79.9. The van der Waals surface area contributed by atoms with E-state index in [2.05, 4.69) is 36.4 Å². The molecule has 2 rings (SSSR count). The summed E-state index contributed by atoms with van der Waals surface area (Å²) in [4.78, 5) is 0. The number of phenols is 1. The number of rotatable bonds is 2. The molecule has 0 aliphatic carbocycles. The number of aromatic hydroxyl groups is 1. The molecule has 17 heavy (non-hydrogen) atoms. The molecule has 0 fully saturated rings. The Morgan fingerprint density at radius 3 is 2.06 bits per heavy atom. The highest BCUT2D eigenvalue weighted by Crippen LogP contribution is 2.33. The fourth-order valence-corrected chi connectivity index (χ4v) is 2.74. The molecule has 0 bridgehead atoms. The summed E-state index contributed by atoms with van der Waals surface area (Å²) in [5.41, 5.74) is 1.12. The summed E-state index contributed by atoms with van der Waals surface area (Å²) in [6.07, 6.45) is 4.02. The topological polar surface area (TPSA) is 24.1 Å². The van der Waals surface area contributed by atoms with Crippen molar-refractivity contribution in [1.29, 1.82) is 0 Å². The second kappa shape index (κ2) is 6.52. The molecule has 0 saturated carbocycles. The van der Waals surface area contributed by atoms with Crippen LogP contribution in [0.15, 0.2) is 51.7 Å². The van der Waals surface area contributed by atoms with E-state index in [1.54, 1.807) is 0 Å². The summed E-state index contributed by atoms with van der Waals surface area (Å²) in [7, 11) is 0. The molecule has 0 unspecified atom stereocenters. The molecule has 1 aromatic carbocycles. The third-order valence-electron chi connectivity index (χ3n) is 2.22. The van der Waals surface area contributed by atoms with Crippen molar-refractivity contribution in [1.82, 2.24) is 0 Å². The zero-order valence-corrected chi connectivity index (χ0v) is 13.5. The van der Waals surface area contributed by atoms with Gasteiger partial charge in [-0.1, -0.05) is 6.07 Å². The predicted molar refractivity (Wildman–Crippen MR) is 69.2 cm³/mol. The molecule has 0 radical (unpaired) electrons. The van der Waals surface area contributed by atoms with Crippen LogP contribution in [0, 0.1) is 0 Å². The van der Waals surface area contributed by atoms with Gasteiger partial charge in [0.1, 0.15) is 5.75 Å². The molecule has 0 aliphatic rings. The van der Waals surface area contributed by atoms with Crippen molar-refractivity contribution in [3.63, 3.8) is 0 Å². The molecule has 0 atom stereocenters. The summed E-state index contributed by atoms with van der Waals surface area (Å²) in [6, 6.07) is 9.80. The molecule has 1 N–H and O–H groups in total. The average molecular weight is 424 g/mol. The monoisotopic (exact) mass is 421 g/mol. The van der Waals surface area contributed by atoms with Crippen LogP contribution in [-0.4, -0.2) is 5.11 Å². The molecule has 90 valence electrons. The lowest BCUT2D eigenvalue weighted by Gasteiger charge is -2.03. The first-order chi connectivity index (χ1) is 7.66. The second-order valence-electron chi connectivity index (χ2n) is 3.46. The fraction of sp³-hybridized carbons (Fsp3) is 0.0833. The van der Waals surface area contributed by atoms with Crippen LogP contribution in [0.25, 0.3) is 0 Å². The predicted octanol–water partition coefficient (Wildman–Crippen LogP) is 0.257. The highest BCUT2D eigenvalue weighted by Gasteiger charge is 2.08. The molecule has 0 spiro atoms. The maximum absolute atomic E-state index is 9.60. The van der Waals surface area contributed by atoms with E-state index in [4.69, 9.17) is 0 Å². The van der Waals surface area contributed by atoms with Gasteiger partial charge in [-0.25, -0.2) is 4.57 Å². The lowest BCUT2D eigenvalue weighted by Crippen LogP contribution is -3.00. The Kier molecular flexibility index (Phi) is 5.62. The summed E-state index contributed by atoms with van der Waals surface area (Å²) in [6.45, 7) is 0.776. The zero-order chi connectivity index (χ0) is 11.5. The molecule has 5 heteroatoms. The summed E-state index contributed by atoms with van der Waals surface area (Å²) >= 11 is 6.64. The summed E-state index contributed by atoms with van der Waals surface area (Å²) in [5.74, 6) is 0.238. The Hall–Kier alpha value is -0.390. The molecular weight excluding hydrogens is 414 g/mol. The first-order valence-electron chi connectivity index (χ1n) is 4.78. The third-order valence-corrected chi connectivity index (χ3v) is 3.43. The van der Waals surface area contributed by atoms with Gasteiger partial charge in [0.2, 0.25) is 0 Å². The Balaban J connectivity index is 0.00000144. The van der Waals surface area contributed by atoms with Crippen LogP contribution in [-0.2, 0) is 6.54 Å². The zero-order valence-electron chi connectivity index (χ0n) is 8.78. The normalized spacial score (nSPS) is 9.76. The largest absolute Gasteiger partial charge is 1.00 e. The Morgan fingerprint density at radius 1 is 1.00 bits per heavy atom. The van der Waals surface area contributed by atoms with Gasteiger partial charge < -0.3 is 22.1 Å². The van der Waals surface area contributed by atoms with Crippen LogP contribution < -0.4 is 21.5 Å². The van der Waals surface area contributed by atoms with Crippen LogP contribution >= 0.6 is 31.9 Å². The minimum absolute atomic E-state index is 0. The van der Waals surface area contributed by atoms with Crippen LogP contribution in [0.4, 0.5) is 0 Å². The molecule has 0 saturated heterocycles. The minimum Gasteiger partial charge on any atom is -1.00 e. The Morgan fingerprint density at radius 2 is 1.53 bits per heavy atom. The van der Waals surface area contributed by atoms with Crippen molar-refractivity contribution < 1.29 is 26.7 Å². The van der Waals surface area contributed by atoms with E-state index in [9.17, 15) is 5.11 Å². The number of halogens is 3. The van der Waals surface area contributed by atoms with Crippen LogP contribution in [0.5, 0.6) is 5.75 Å². The van der Waals surface area contributed by atoms with Crippen molar-refractivity contribution in [2.45, 2.75) is 6.54 Å². The maximum atomic E-state index is 9.60. The fourth-order valence-electron chi connectivity index (χ4n) is 1.46. The Bertz CT molecular complexity index is 479. The van der Waals surface area contributed by atoms with Crippen molar-refractivity contribution in [3.8, 4) is 5.75 Å². The van der Waals surface area contributed by atoms with E-state index in [0.29, 0.717) is 8.95 Å². The average Bonchev–Trinajstić information content (AvgIpc) is 2.27. The van der Waals surface area contributed by atoms with Gasteiger partial charge in [0, 0.05) is 17.7 Å². The smallest absolute Gasteiger partial charge is 0.173 e. The molecule has 2 nitrogen and oxygen atoms in total. The van der Waals surface area contributed by atoms with Crippen molar-refractivity contribution in [2.24, 2.45) is 0 Å². The van der Waals surface area contributed by atoms with Gasteiger partial charge in [0.25, 0.3) is 0 Å². The number of hydrogen-bond donors (Lipinski definition) is 1. The van der Waals surface area contributed by atoms with Crippen LogP contribution in [0.3, 0.4) is 0 Å². The molecule has 2 aromatic rings. The molecular formula is C12H10Br3NO. The van der Waals surface area contributed by atoms with Crippen molar-refractivity contribution >= 4 is 31.9 Å². The van der Waals surface area contributed by atoms with E-state index < -0.39 is 0 Å². The van der Waals surface area contributed by atoms with Gasteiger partial charge in [-0.3, -0.25) is 0 Å². The number of nitrogens with zero attached hydrogens (tertiary/aromatic N) is 1. The first-order valence-corrected chi connectivity index (χ1v) is 6.36. The van der Waals surface area contributed by atoms with Gasteiger partial charge in [-0.15, -0.1) is 0 Å². The number of pyridine rings is 1. The molecule has 0 amide bonds. The van der Waals surface area contributed by atoms with Crippen molar-refractivity contribution in [3.05, 3.63) is 57.2 Å². The van der Waals surface area contributed by atoms with Gasteiger partial charge in [0.15, 0.2) is 18.9 Å². The van der Waals surface area contributed by atoms with E-state index in [0.717, 1.165) is 12.1 Å². The quantitative estimate of drug-likeness (QED) is 0.688. The molecule has 1 heterocycles. The number of benzene rings is 1. The maximum Gasteiger partial charge on any atom is 0.173 e. The minimum atomic E-state index is 0. The molecule has 0 aliphatic heterocycles. The number of aromatic nitrogens is 1. The van der Waals surface area contributed by atoms with Gasteiger partial charge in [0.05, 0.1) is 8.95 Å². The first kappa shape index (κ1) is 14.7. The second-order valence-corrected chi connectivity index (χ2v) is 5.16. The number of hydrogen-bond acceptors (Lipinski definition) is 1. The Labute approximate surface area is 127 Å². The van der Waals surface area contributed by atoms with Crippen LogP contribution in [0.2, 0.25) is 0 Å². The standard InChI is InChI=1S/C12H9Br2NO.BrH/c13-10-6-9(7-11(14)12(10)16)8-15-4-2-1-3-5-15;/h1-7H,8H2;1H. The third kappa shape index (κ3) is 3.79. The van der Waals surface area contributed by atoms with E-state index in [-0.39, 0.29) is 22.7 Å². The summed E-state index contributed by atoms with van der Waals surface area (Å²) in [5, 5.41) is 9.60. The SMILES string of the molecule is Oc1c(Br)cc(C[n+]2ccccc2)cc1Br.[Br-]. The van der Waals surface area contributed by atoms with Gasteiger partial charge in [-0.05, 0) is 44.0 Å². The van der Waals surface area contributed by atoms with E-state index in [1.165, 1.54) is 0 Å². The highest BCUT2D eigenvalue weighted by molar-refractivity contribution is 9.11. The van der Waals surface area contributed by atoms with Crippen molar-refractivity contribution in [2.75, 3.05) is 0 Å². The molecule has 1 aromatic heterocycles. The van der Waals surface area contributed by atoms with Crippen LogP contribution in [0.1, 0.15) is 5.56 Å². The summed E-state index contributed by atoms with van der Waals surface area (Å²) < 4.78 is 3.48. The number of phenolic OH excluding ortho intramolecular Hbond substituents is 1. The van der Waals surface area contributed by atoms with E-state index >= 15 is 0 Å². The van der Waals surface area contributed by atoms with Gasteiger partial charge >= 0.3 is 0 Å². The lowest BCUT2D eigenvalue weighted by molar-refractivity contribution is -0.688. The lowest BCUT2D eigenvalue weighted by atomic mass is 10.2.